The Bertz CT molecular complexity index is 792. The van der Waals surface area contributed by atoms with Gasteiger partial charge in [0.05, 0.1) is 11.0 Å². The summed E-state index contributed by atoms with van der Waals surface area (Å²) in [5.74, 6) is 0.613. The second-order valence-corrected chi connectivity index (χ2v) is 9.01. The van der Waals surface area contributed by atoms with Gasteiger partial charge < -0.3 is 9.80 Å². The molecule has 2 amide bonds. The average Bonchev–Trinajstić information content (AvgIpc) is 3.34. The first-order chi connectivity index (χ1) is 15.0. The van der Waals surface area contributed by atoms with E-state index in [2.05, 4.69) is 9.80 Å². The van der Waals surface area contributed by atoms with Crippen LogP contribution in [0.3, 0.4) is 0 Å². The van der Waals surface area contributed by atoms with Crippen LogP contribution in [0.5, 0.6) is 0 Å². The molecule has 168 valence electrons. The number of nitro benzene ring substituents is 1. The van der Waals surface area contributed by atoms with Crippen molar-refractivity contribution in [1.82, 2.24) is 14.7 Å². The van der Waals surface area contributed by atoms with E-state index in [1.54, 1.807) is 4.90 Å². The lowest BCUT2D eigenvalue weighted by Crippen LogP contribution is -2.59. The van der Waals surface area contributed by atoms with Gasteiger partial charge in [0.1, 0.15) is 0 Å². The molecule has 8 nitrogen and oxygen atoms in total. The third kappa shape index (κ3) is 4.89. The van der Waals surface area contributed by atoms with Crippen LogP contribution in [0.25, 0.3) is 0 Å². The van der Waals surface area contributed by atoms with Crippen molar-refractivity contribution in [3.8, 4) is 0 Å². The number of rotatable bonds is 5. The lowest BCUT2D eigenvalue weighted by atomic mass is 9.93. The Hall–Kier alpha value is -2.48. The summed E-state index contributed by atoms with van der Waals surface area (Å²) < 4.78 is 0. The van der Waals surface area contributed by atoms with Gasteiger partial charge in [-0.2, -0.15) is 0 Å². The van der Waals surface area contributed by atoms with E-state index in [-0.39, 0.29) is 17.6 Å². The molecule has 1 saturated carbocycles. The molecule has 0 bridgehead atoms. The SMILES string of the molecule is O=C(c1ccc([N+](=O)[O-])cc1)N1CCN(C(C(=O)N2CCCCC2)C2CCCC2)CC1. The van der Waals surface area contributed by atoms with Crippen LogP contribution in [0.4, 0.5) is 5.69 Å². The number of piperidine rings is 1. The number of non-ortho nitro benzene ring substituents is 1. The van der Waals surface area contributed by atoms with Crippen LogP contribution < -0.4 is 0 Å². The number of amides is 2. The fourth-order valence-electron chi connectivity index (χ4n) is 5.34. The van der Waals surface area contributed by atoms with Crippen LogP contribution in [0, 0.1) is 16.0 Å². The van der Waals surface area contributed by atoms with E-state index >= 15 is 0 Å². The minimum atomic E-state index is -0.463. The third-order valence-electron chi connectivity index (χ3n) is 7.09. The fourth-order valence-corrected chi connectivity index (χ4v) is 5.34. The number of nitrogens with zero attached hydrogens (tertiary/aromatic N) is 4. The smallest absolute Gasteiger partial charge is 0.269 e. The molecule has 8 heteroatoms. The van der Waals surface area contributed by atoms with Gasteiger partial charge in [0.2, 0.25) is 5.91 Å². The zero-order chi connectivity index (χ0) is 21.8. The summed E-state index contributed by atoms with van der Waals surface area (Å²) in [6.45, 7) is 4.29. The van der Waals surface area contributed by atoms with Crippen LogP contribution in [0.15, 0.2) is 24.3 Å². The largest absolute Gasteiger partial charge is 0.341 e. The van der Waals surface area contributed by atoms with Gasteiger partial charge in [-0.05, 0) is 50.2 Å². The van der Waals surface area contributed by atoms with Gasteiger partial charge in [0.25, 0.3) is 11.6 Å². The number of nitro groups is 1. The molecular formula is C23H32N4O4. The van der Waals surface area contributed by atoms with Crippen molar-refractivity contribution in [2.45, 2.75) is 51.0 Å². The molecule has 4 rings (SSSR count). The maximum Gasteiger partial charge on any atom is 0.269 e. The van der Waals surface area contributed by atoms with Crippen molar-refractivity contribution in [2.24, 2.45) is 5.92 Å². The number of hydrogen-bond acceptors (Lipinski definition) is 5. The molecule has 2 heterocycles. The van der Waals surface area contributed by atoms with Crippen LogP contribution >= 0.6 is 0 Å². The third-order valence-corrected chi connectivity index (χ3v) is 7.09. The molecule has 31 heavy (non-hydrogen) atoms. The first-order valence-corrected chi connectivity index (χ1v) is 11.6. The maximum atomic E-state index is 13.5. The fraction of sp³-hybridized carbons (Fsp3) is 0.652. The monoisotopic (exact) mass is 428 g/mol. The van der Waals surface area contributed by atoms with Crippen LogP contribution in [0.1, 0.15) is 55.3 Å². The number of hydrogen-bond donors (Lipinski definition) is 0. The van der Waals surface area contributed by atoms with Crippen molar-refractivity contribution in [2.75, 3.05) is 39.3 Å². The average molecular weight is 429 g/mol. The van der Waals surface area contributed by atoms with E-state index in [9.17, 15) is 19.7 Å². The van der Waals surface area contributed by atoms with Gasteiger partial charge in [-0.1, -0.05) is 12.8 Å². The number of benzene rings is 1. The Morgan fingerprint density at radius 2 is 1.45 bits per heavy atom. The van der Waals surface area contributed by atoms with E-state index in [0.29, 0.717) is 43.6 Å². The number of piperazine rings is 1. The van der Waals surface area contributed by atoms with E-state index in [1.807, 2.05) is 0 Å². The molecule has 1 aromatic rings. The Morgan fingerprint density at radius 1 is 0.839 bits per heavy atom. The first-order valence-electron chi connectivity index (χ1n) is 11.6. The van der Waals surface area contributed by atoms with Gasteiger partial charge in [-0.3, -0.25) is 24.6 Å². The molecule has 0 aromatic heterocycles. The summed E-state index contributed by atoms with van der Waals surface area (Å²) in [4.78, 5) is 42.9. The predicted octanol–water partition coefficient (Wildman–Crippen LogP) is 2.92. The molecule has 2 saturated heterocycles. The maximum absolute atomic E-state index is 13.5. The summed E-state index contributed by atoms with van der Waals surface area (Å²) in [5, 5.41) is 10.8. The molecule has 0 spiro atoms. The second-order valence-electron chi connectivity index (χ2n) is 9.01. The zero-order valence-corrected chi connectivity index (χ0v) is 18.1. The van der Waals surface area contributed by atoms with Gasteiger partial charge in [0.15, 0.2) is 0 Å². The summed E-state index contributed by atoms with van der Waals surface area (Å²) in [6, 6.07) is 5.73. The molecule has 1 aromatic carbocycles. The lowest BCUT2D eigenvalue weighted by molar-refractivity contribution is -0.384. The molecular weight excluding hydrogens is 396 g/mol. The Balaban J connectivity index is 1.40. The quantitative estimate of drug-likeness (QED) is 0.532. The summed E-state index contributed by atoms with van der Waals surface area (Å²) in [6.07, 6.45) is 8.04. The van der Waals surface area contributed by atoms with Gasteiger partial charge >= 0.3 is 0 Å². The van der Waals surface area contributed by atoms with Gasteiger partial charge in [0, 0.05) is 57.0 Å². The van der Waals surface area contributed by atoms with Crippen molar-refractivity contribution in [1.29, 1.82) is 0 Å². The topological polar surface area (TPSA) is 87.0 Å². The van der Waals surface area contributed by atoms with Crippen LogP contribution in [-0.4, -0.2) is 76.7 Å². The molecule has 1 unspecified atom stereocenters. The standard InChI is InChI=1S/C23H32N4O4/c28-22(19-8-10-20(11-9-19)27(30)31)26-16-14-24(15-17-26)21(18-6-2-3-7-18)23(29)25-12-4-1-5-13-25/h8-11,18,21H,1-7,12-17H2. The van der Waals surface area contributed by atoms with Crippen molar-refractivity contribution in [3.63, 3.8) is 0 Å². The number of carbonyl (C=O) groups is 2. The highest BCUT2D eigenvalue weighted by Crippen LogP contribution is 2.32. The highest BCUT2D eigenvalue weighted by atomic mass is 16.6. The number of carbonyl (C=O) groups excluding carboxylic acids is 2. The van der Waals surface area contributed by atoms with Crippen LogP contribution in [-0.2, 0) is 4.79 Å². The number of likely N-dealkylation sites (tertiary alicyclic amines) is 1. The van der Waals surface area contributed by atoms with Crippen molar-refractivity contribution >= 4 is 17.5 Å². The normalized spacial score (nSPS) is 21.8. The lowest BCUT2D eigenvalue weighted by Gasteiger charge is -2.43. The van der Waals surface area contributed by atoms with Gasteiger partial charge in [-0.25, -0.2) is 0 Å². The minimum Gasteiger partial charge on any atom is -0.341 e. The van der Waals surface area contributed by atoms with Crippen molar-refractivity contribution < 1.29 is 14.5 Å². The molecule has 0 N–H and O–H groups in total. The Labute approximate surface area is 183 Å². The minimum absolute atomic E-state index is 0.0167. The first kappa shape index (κ1) is 21.7. The summed E-state index contributed by atoms with van der Waals surface area (Å²) >= 11 is 0. The Kier molecular flexibility index (Phi) is 6.85. The molecule has 2 aliphatic heterocycles. The van der Waals surface area contributed by atoms with Crippen LogP contribution in [0.2, 0.25) is 0 Å². The van der Waals surface area contributed by atoms with E-state index in [0.717, 1.165) is 38.8 Å². The second kappa shape index (κ2) is 9.77. The van der Waals surface area contributed by atoms with E-state index in [4.69, 9.17) is 0 Å². The summed E-state index contributed by atoms with van der Waals surface area (Å²) in [7, 11) is 0. The predicted molar refractivity (Wildman–Crippen MR) is 117 cm³/mol. The highest BCUT2D eigenvalue weighted by molar-refractivity contribution is 5.94. The molecule has 1 aliphatic carbocycles. The molecule has 3 fully saturated rings. The molecule has 3 aliphatic rings. The highest BCUT2D eigenvalue weighted by Gasteiger charge is 2.39. The summed E-state index contributed by atoms with van der Waals surface area (Å²) in [5.41, 5.74) is 0.452. The molecule has 1 atom stereocenters. The van der Waals surface area contributed by atoms with E-state index in [1.165, 1.54) is 43.5 Å². The zero-order valence-electron chi connectivity index (χ0n) is 18.1. The molecule has 0 radical (unpaired) electrons. The van der Waals surface area contributed by atoms with E-state index < -0.39 is 4.92 Å². The van der Waals surface area contributed by atoms with Gasteiger partial charge in [-0.15, -0.1) is 0 Å². The van der Waals surface area contributed by atoms with Crippen molar-refractivity contribution in [3.05, 3.63) is 39.9 Å². The Morgan fingerprint density at radius 3 is 2.03 bits per heavy atom.